The van der Waals surface area contributed by atoms with Gasteiger partial charge < -0.3 is 4.74 Å². The Hall–Kier alpha value is -2.47. The number of nitro groups is 1. The Labute approximate surface area is 124 Å². The molecule has 0 fully saturated rings. The second-order valence-corrected chi connectivity index (χ2v) is 4.56. The molecule has 0 spiro atoms. The maximum absolute atomic E-state index is 13.5. The van der Waals surface area contributed by atoms with Crippen LogP contribution in [0.5, 0.6) is 0 Å². The summed E-state index contributed by atoms with van der Waals surface area (Å²) in [4.78, 5) is 21.7. The van der Waals surface area contributed by atoms with Gasteiger partial charge in [0.1, 0.15) is 12.4 Å². The first-order valence-electron chi connectivity index (χ1n) is 5.83. The molecule has 0 amide bonds. The minimum absolute atomic E-state index is 0.0613. The van der Waals surface area contributed by atoms with E-state index in [0.717, 1.165) is 6.07 Å². The minimum atomic E-state index is -0.831. The summed E-state index contributed by atoms with van der Waals surface area (Å²) >= 11 is 5.59. The van der Waals surface area contributed by atoms with Crippen molar-refractivity contribution in [1.29, 1.82) is 0 Å². The van der Waals surface area contributed by atoms with Crippen LogP contribution >= 0.6 is 11.6 Å². The van der Waals surface area contributed by atoms with E-state index in [1.165, 1.54) is 36.4 Å². The summed E-state index contributed by atoms with van der Waals surface area (Å²) in [6.45, 7) is -0.112. The molecule has 21 heavy (non-hydrogen) atoms. The molecule has 2 rings (SSSR count). The van der Waals surface area contributed by atoms with Crippen molar-refractivity contribution >= 4 is 23.3 Å². The van der Waals surface area contributed by atoms with Gasteiger partial charge in [-0.2, -0.15) is 0 Å². The number of non-ortho nitro benzene ring substituents is 1. The SMILES string of the molecule is O=C(OCc1ccc([N+](=O)[O-])cc1)c1ccc(Cl)cc1F. The Bertz CT molecular complexity index is 688. The van der Waals surface area contributed by atoms with E-state index in [9.17, 15) is 19.3 Å². The Morgan fingerprint density at radius 1 is 1.24 bits per heavy atom. The van der Waals surface area contributed by atoms with E-state index in [4.69, 9.17) is 16.3 Å². The summed E-state index contributed by atoms with van der Waals surface area (Å²) < 4.78 is 18.5. The summed E-state index contributed by atoms with van der Waals surface area (Å²) in [6.07, 6.45) is 0. The maximum Gasteiger partial charge on any atom is 0.341 e. The molecule has 0 aliphatic heterocycles. The molecule has 0 unspecified atom stereocenters. The predicted molar refractivity (Wildman–Crippen MR) is 73.6 cm³/mol. The number of carbonyl (C=O) groups is 1. The van der Waals surface area contributed by atoms with Gasteiger partial charge in [0.05, 0.1) is 10.5 Å². The van der Waals surface area contributed by atoms with Gasteiger partial charge in [-0.15, -0.1) is 0 Å². The molecule has 0 heterocycles. The second-order valence-electron chi connectivity index (χ2n) is 4.12. The third-order valence-electron chi connectivity index (χ3n) is 2.67. The lowest BCUT2D eigenvalue weighted by Gasteiger charge is -2.06. The van der Waals surface area contributed by atoms with Gasteiger partial charge in [-0.25, -0.2) is 9.18 Å². The zero-order valence-corrected chi connectivity index (χ0v) is 11.3. The summed E-state index contributed by atoms with van der Waals surface area (Å²) in [6, 6.07) is 9.15. The van der Waals surface area contributed by atoms with E-state index in [1.807, 2.05) is 0 Å². The molecule has 108 valence electrons. The average molecular weight is 310 g/mol. The number of benzene rings is 2. The Balaban J connectivity index is 2.02. The second kappa shape index (κ2) is 6.32. The van der Waals surface area contributed by atoms with Gasteiger partial charge >= 0.3 is 5.97 Å². The monoisotopic (exact) mass is 309 g/mol. The topological polar surface area (TPSA) is 69.4 Å². The Morgan fingerprint density at radius 3 is 2.48 bits per heavy atom. The van der Waals surface area contributed by atoms with Gasteiger partial charge in [-0.1, -0.05) is 11.6 Å². The molecule has 2 aromatic carbocycles. The summed E-state index contributed by atoms with van der Waals surface area (Å²) in [7, 11) is 0. The van der Waals surface area contributed by atoms with Crippen LogP contribution in [0, 0.1) is 15.9 Å². The molecule has 0 saturated carbocycles. The van der Waals surface area contributed by atoms with Gasteiger partial charge in [0, 0.05) is 17.2 Å². The molecule has 2 aromatic rings. The standard InChI is InChI=1S/C14H9ClFNO4/c15-10-3-6-12(13(16)7-10)14(18)21-8-9-1-4-11(5-2-9)17(19)20/h1-7H,8H2. The van der Waals surface area contributed by atoms with Crippen LogP contribution in [0.3, 0.4) is 0 Å². The van der Waals surface area contributed by atoms with Gasteiger partial charge in [-0.3, -0.25) is 10.1 Å². The number of hydrogen-bond acceptors (Lipinski definition) is 4. The summed E-state index contributed by atoms with van der Waals surface area (Å²) in [5.74, 6) is -1.60. The van der Waals surface area contributed by atoms with E-state index in [0.29, 0.717) is 5.56 Å². The first kappa shape index (κ1) is 14.9. The molecule has 0 aliphatic rings. The van der Waals surface area contributed by atoms with Gasteiger partial charge in [-0.05, 0) is 35.9 Å². The molecule has 5 nitrogen and oxygen atoms in total. The summed E-state index contributed by atoms with van der Waals surface area (Å²) in [5, 5.41) is 10.7. The number of nitro benzene ring substituents is 1. The van der Waals surface area contributed by atoms with Gasteiger partial charge in [0.15, 0.2) is 0 Å². The van der Waals surface area contributed by atoms with Crippen LogP contribution in [0.25, 0.3) is 0 Å². The molecule has 0 aliphatic carbocycles. The predicted octanol–water partition coefficient (Wildman–Crippen LogP) is 3.74. The van der Waals surface area contributed by atoms with Crippen LogP contribution < -0.4 is 0 Å². The van der Waals surface area contributed by atoms with Gasteiger partial charge in [0.2, 0.25) is 0 Å². The molecule has 0 atom stereocenters. The van der Waals surface area contributed by atoms with Crippen molar-refractivity contribution in [3.8, 4) is 0 Å². The highest BCUT2D eigenvalue weighted by molar-refractivity contribution is 6.30. The fourth-order valence-corrected chi connectivity index (χ4v) is 1.75. The van der Waals surface area contributed by atoms with E-state index in [2.05, 4.69) is 0 Å². The molecule has 0 bridgehead atoms. The van der Waals surface area contributed by atoms with Crippen LogP contribution in [0.15, 0.2) is 42.5 Å². The van der Waals surface area contributed by atoms with Crippen molar-refractivity contribution in [1.82, 2.24) is 0 Å². The van der Waals surface area contributed by atoms with Crippen LogP contribution in [0.2, 0.25) is 5.02 Å². The molecule has 0 aromatic heterocycles. The first-order valence-corrected chi connectivity index (χ1v) is 6.20. The van der Waals surface area contributed by atoms with Crippen LogP contribution in [0.4, 0.5) is 10.1 Å². The van der Waals surface area contributed by atoms with Crippen LogP contribution in [0.1, 0.15) is 15.9 Å². The lowest BCUT2D eigenvalue weighted by molar-refractivity contribution is -0.384. The smallest absolute Gasteiger partial charge is 0.341 e. The molecule has 7 heteroatoms. The Morgan fingerprint density at radius 2 is 1.90 bits per heavy atom. The zero-order chi connectivity index (χ0) is 15.4. The van der Waals surface area contributed by atoms with E-state index in [-0.39, 0.29) is 22.9 Å². The molecular weight excluding hydrogens is 301 g/mol. The maximum atomic E-state index is 13.5. The van der Waals surface area contributed by atoms with Crippen molar-refractivity contribution in [3.63, 3.8) is 0 Å². The van der Waals surface area contributed by atoms with Crippen molar-refractivity contribution in [2.24, 2.45) is 0 Å². The average Bonchev–Trinajstić information content (AvgIpc) is 2.45. The molecule has 0 saturated heterocycles. The highest BCUT2D eigenvalue weighted by atomic mass is 35.5. The first-order chi connectivity index (χ1) is 9.97. The fourth-order valence-electron chi connectivity index (χ4n) is 1.60. The van der Waals surface area contributed by atoms with Crippen molar-refractivity contribution in [2.75, 3.05) is 0 Å². The van der Waals surface area contributed by atoms with E-state index >= 15 is 0 Å². The van der Waals surface area contributed by atoms with Crippen molar-refractivity contribution < 1.29 is 18.8 Å². The lowest BCUT2D eigenvalue weighted by atomic mass is 10.2. The van der Waals surface area contributed by atoms with E-state index < -0.39 is 16.7 Å². The summed E-state index contributed by atoms with van der Waals surface area (Å²) in [5.41, 5.74) is 0.276. The number of carbonyl (C=O) groups excluding carboxylic acids is 1. The Kier molecular flexibility index (Phi) is 4.49. The third kappa shape index (κ3) is 3.76. The minimum Gasteiger partial charge on any atom is -0.457 e. The van der Waals surface area contributed by atoms with Gasteiger partial charge in [0.25, 0.3) is 5.69 Å². The zero-order valence-electron chi connectivity index (χ0n) is 10.6. The highest BCUT2D eigenvalue weighted by Crippen LogP contribution is 2.17. The van der Waals surface area contributed by atoms with Crippen LogP contribution in [-0.4, -0.2) is 10.9 Å². The molecular formula is C14H9ClFNO4. The number of nitrogens with zero attached hydrogens (tertiary/aromatic N) is 1. The van der Waals surface area contributed by atoms with Crippen molar-refractivity contribution in [2.45, 2.75) is 6.61 Å². The molecule has 0 radical (unpaired) electrons. The third-order valence-corrected chi connectivity index (χ3v) is 2.90. The van der Waals surface area contributed by atoms with Crippen molar-refractivity contribution in [3.05, 3.63) is 74.5 Å². The van der Waals surface area contributed by atoms with E-state index in [1.54, 1.807) is 0 Å². The quantitative estimate of drug-likeness (QED) is 0.490. The van der Waals surface area contributed by atoms with Crippen LogP contribution in [-0.2, 0) is 11.3 Å². The molecule has 0 N–H and O–H groups in total. The lowest BCUT2D eigenvalue weighted by Crippen LogP contribution is -2.07. The number of ether oxygens (including phenoxy) is 1. The number of hydrogen-bond donors (Lipinski definition) is 0. The fraction of sp³-hybridized carbons (Fsp3) is 0.0714. The number of rotatable bonds is 4. The number of halogens is 2. The largest absolute Gasteiger partial charge is 0.457 e. The number of esters is 1. The highest BCUT2D eigenvalue weighted by Gasteiger charge is 2.14. The normalized spacial score (nSPS) is 10.2.